The third kappa shape index (κ3) is 3.79. The van der Waals surface area contributed by atoms with Crippen LogP contribution >= 0.6 is 27.3 Å². The van der Waals surface area contributed by atoms with Crippen LogP contribution < -0.4 is 10.9 Å². The highest BCUT2D eigenvalue weighted by molar-refractivity contribution is 9.10. The van der Waals surface area contributed by atoms with Crippen molar-refractivity contribution in [2.24, 2.45) is 5.92 Å². The van der Waals surface area contributed by atoms with E-state index in [1.54, 1.807) is 0 Å². The predicted molar refractivity (Wildman–Crippen MR) is 101 cm³/mol. The van der Waals surface area contributed by atoms with Crippen molar-refractivity contribution in [3.63, 3.8) is 0 Å². The zero-order chi connectivity index (χ0) is 18.1. The fourth-order valence-electron chi connectivity index (χ4n) is 2.93. The van der Waals surface area contributed by atoms with Crippen LogP contribution in [0.1, 0.15) is 69.4 Å². The fraction of sp³-hybridized carbons (Fsp3) is 0.471. The average Bonchev–Trinajstić information content (AvgIpc) is 3.15. The Balaban J connectivity index is 1.64. The van der Waals surface area contributed by atoms with Gasteiger partial charge in [0.05, 0.1) is 15.0 Å². The van der Waals surface area contributed by atoms with Crippen LogP contribution in [0.3, 0.4) is 0 Å². The molecule has 8 heteroatoms. The average molecular weight is 425 g/mol. The molecule has 134 valence electrons. The Bertz CT molecular complexity index is 812. The summed E-state index contributed by atoms with van der Waals surface area (Å²) in [6, 6.07) is 1.94. The number of aryl methyl sites for hydroxylation is 1. The third-order valence-electron chi connectivity index (χ3n) is 4.37. The molecule has 0 radical (unpaired) electrons. The van der Waals surface area contributed by atoms with E-state index in [1.807, 2.05) is 19.9 Å². The van der Waals surface area contributed by atoms with Gasteiger partial charge in [0.2, 0.25) is 0 Å². The Kier molecular flexibility index (Phi) is 5.29. The van der Waals surface area contributed by atoms with Gasteiger partial charge in [-0.2, -0.15) is 5.10 Å². The number of nitrogens with one attached hydrogen (secondary N) is 3. The first-order chi connectivity index (χ1) is 11.9. The van der Waals surface area contributed by atoms with Gasteiger partial charge in [0.15, 0.2) is 5.69 Å². The summed E-state index contributed by atoms with van der Waals surface area (Å²) in [4.78, 5) is 26.5. The van der Waals surface area contributed by atoms with Crippen molar-refractivity contribution >= 4 is 39.1 Å². The lowest BCUT2D eigenvalue weighted by Crippen LogP contribution is -2.41. The van der Waals surface area contributed by atoms with Gasteiger partial charge in [-0.05, 0) is 58.7 Å². The number of hydrazine groups is 1. The molecular weight excluding hydrogens is 404 g/mol. The maximum Gasteiger partial charge on any atom is 0.291 e. The summed E-state index contributed by atoms with van der Waals surface area (Å²) in [7, 11) is 0. The maximum atomic E-state index is 12.3. The monoisotopic (exact) mass is 424 g/mol. The van der Waals surface area contributed by atoms with Gasteiger partial charge in [-0.1, -0.05) is 20.8 Å². The van der Waals surface area contributed by atoms with Crippen LogP contribution in [0, 0.1) is 5.92 Å². The summed E-state index contributed by atoms with van der Waals surface area (Å²) in [6.45, 7) is 6.23. The van der Waals surface area contributed by atoms with Crippen molar-refractivity contribution < 1.29 is 9.59 Å². The number of H-pyrrole nitrogens is 1. The number of aromatic nitrogens is 2. The molecule has 0 spiro atoms. The second-order valence-corrected chi connectivity index (χ2v) is 8.70. The van der Waals surface area contributed by atoms with E-state index in [1.165, 1.54) is 21.8 Å². The quantitative estimate of drug-likeness (QED) is 0.658. The van der Waals surface area contributed by atoms with Crippen molar-refractivity contribution in [1.29, 1.82) is 0 Å². The molecule has 3 rings (SSSR count). The number of hydrogen-bond donors (Lipinski definition) is 3. The van der Waals surface area contributed by atoms with Gasteiger partial charge in [0.1, 0.15) is 0 Å². The van der Waals surface area contributed by atoms with Crippen LogP contribution in [-0.4, -0.2) is 22.0 Å². The minimum atomic E-state index is -0.460. The highest BCUT2D eigenvalue weighted by atomic mass is 79.9. The smallest absolute Gasteiger partial charge is 0.280 e. The van der Waals surface area contributed by atoms with Crippen LogP contribution in [0.15, 0.2) is 10.5 Å². The first kappa shape index (κ1) is 18.1. The molecule has 0 fully saturated rings. The van der Waals surface area contributed by atoms with Gasteiger partial charge in [0, 0.05) is 4.88 Å². The first-order valence-corrected chi connectivity index (χ1v) is 9.93. The molecule has 1 unspecified atom stereocenters. The van der Waals surface area contributed by atoms with Gasteiger partial charge >= 0.3 is 0 Å². The molecule has 6 nitrogen and oxygen atoms in total. The third-order valence-corrected chi connectivity index (χ3v) is 6.41. The standard InChI is InChI=1S/C17H21BrN4O2S/c1-8(2)14-13(18)15(20-19-14)17(24)22-21-16(23)12-7-10-6-9(3)4-5-11(10)25-12/h7-9H,4-6H2,1-3H3,(H,19,20)(H,21,23)(H,22,24). The number of aromatic amines is 1. The Hall–Kier alpha value is -1.67. The Morgan fingerprint density at radius 2 is 2.08 bits per heavy atom. The molecule has 2 amide bonds. The minimum Gasteiger partial charge on any atom is -0.280 e. The van der Waals surface area contributed by atoms with E-state index in [9.17, 15) is 9.59 Å². The van der Waals surface area contributed by atoms with Gasteiger partial charge < -0.3 is 0 Å². The number of halogens is 1. The van der Waals surface area contributed by atoms with Gasteiger partial charge in [0.25, 0.3) is 11.8 Å². The normalized spacial score (nSPS) is 16.6. The van der Waals surface area contributed by atoms with E-state index in [0.29, 0.717) is 15.3 Å². The summed E-state index contributed by atoms with van der Waals surface area (Å²) in [5.74, 6) is 0.109. The molecule has 0 bridgehead atoms. The number of amides is 2. The lowest BCUT2D eigenvalue weighted by Gasteiger charge is -2.16. The van der Waals surface area contributed by atoms with Crippen LogP contribution in [0.4, 0.5) is 0 Å². The second kappa shape index (κ2) is 7.29. The Labute approximate surface area is 158 Å². The van der Waals surface area contributed by atoms with Gasteiger partial charge in [-0.25, -0.2) is 0 Å². The summed E-state index contributed by atoms with van der Waals surface area (Å²) < 4.78 is 0.620. The van der Waals surface area contributed by atoms with Crippen LogP contribution in [-0.2, 0) is 12.8 Å². The van der Waals surface area contributed by atoms with Crippen LogP contribution in [0.2, 0.25) is 0 Å². The maximum absolute atomic E-state index is 12.3. The molecule has 2 aromatic rings. The van der Waals surface area contributed by atoms with Gasteiger partial charge in [-0.15, -0.1) is 11.3 Å². The summed E-state index contributed by atoms with van der Waals surface area (Å²) >= 11 is 4.89. The van der Waals surface area contributed by atoms with E-state index in [4.69, 9.17) is 0 Å². The van der Waals surface area contributed by atoms with E-state index in [2.05, 4.69) is 43.9 Å². The first-order valence-electron chi connectivity index (χ1n) is 8.32. The van der Waals surface area contributed by atoms with E-state index in [-0.39, 0.29) is 17.5 Å². The van der Waals surface area contributed by atoms with Crippen LogP contribution in [0.25, 0.3) is 0 Å². The topological polar surface area (TPSA) is 86.9 Å². The molecule has 3 N–H and O–H groups in total. The van der Waals surface area contributed by atoms with E-state index >= 15 is 0 Å². The Morgan fingerprint density at radius 1 is 1.36 bits per heavy atom. The van der Waals surface area contributed by atoms with Crippen molar-refractivity contribution in [3.05, 3.63) is 37.2 Å². The summed E-state index contributed by atoms with van der Waals surface area (Å²) in [5.41, 5.74) is 7.25. The molecule has 1 atom stereocenters. The van der Waals surface area contributed by atoms with Gasteiger partial charge in [-0.3, -0.25) is 25.5 Å². The molecule has 0 aromatic carbocycles. The molecule has 1 aliphatic rings. The molecule has 1 aliphatic carbocycles. The predicted octanol–water partition coefficient (Wildman–Crippen LogP) is 3.56. The Morgan fingerprint density at radius 3 is 2.76 bits per heavy atom. The zero-order valence-electron chi connectivity index (χ0n) is 14.4. The summed E-state index contributed by atoms with van der Waals surface area (Å²) in [6.07, 6.45) is 3.21. The van der Waals surface area contributed by atoms with E-state index < -0.39 is 5.91 Å². The SMILES string of the molecule is CC1CCc2sc(C(=O)NNC(=O)c3n[nH]c(C(C)C)c3Br)cc2C1. The number of nitrogens with zero attached hydrogens (tertiary/aromatic N) is 1. The fourth-order valence-corrected chi connectivity index (χ4v) is 4.85. The lowest BCUT2D eigenvalue weighted by molar-refractivity contribution is 0.0845. The van der Waals surface area contributed by atoms with Crippen molar-refractivity contribution in [2.75, 3.05) is 0 Å². The van der Waals surface area contributed by atoms with Crippen molar-refractivity contribution in [3.8, 4) is 0 Å². The van der Waals surface area contributed by atoms with E-state index in [0.717, 1.165) is 25.0 Å². The number of rotatable bonds is 3. The number of thiophene rings is 1. The van der Waals surface area contributed by atoms with Crippen molar-refractivity contribution in [2.45, 2.75) is 46.0 Å². The molecule has 2 heterocycles. The molecule has 2 aromatic heterocycles. The molecule has 25 heavy (non-hydrogen) atoms. The second-order valence-electron chi connectivity index (χ2n) is 6.77. The lowest BCUT2D eigenvalue weighted by atomic mass is 9.90. The number of carbonyl (C=O) groups is 2. The largest absolute Gasteiger partial charge is 0.291 e. The molecular formula is C17H21BrN4O2S. The highest BCUT2D eigenvalue weighted by Gasteiger charge is 2.22. The zero-order valence-corrected chi connectivity index (χ0v) is 16.8. The molecule has 0 aliphatic heterocycles. The van der Waals surface area contributed by atoms with Crippen LogP contribution in [0.5, 0.6) is 0 Å². The highest BCUT2D eigenvalue weighted by Crippen LogP contribution is 2.32. The van der Waals surface area contributed by atoms with Crippen molar-refractivity contribution in [1.82, 2.24) is 21.0 Å². The molecule has 0 saturated carbocycles. The summed E-state index contributed by atoms with van der Waals surface area (Å²) in [5, 5.41) is 6.86. The number of fused-ring (bicyclic) bond motifs is 1. The number of carbonyl (C=O) groups excluding carboxylic acids is 2. The molecule has 0 saturated heterocycles. The minimum absolute atomic E-state index is 0.206. The number of hydrogen-bond acceptors (Lipinski definition) is 4.